The molecule has 72 valence electrons. The van der Waals surface area contributed by atoms with Gasteiger partial charge in [-0.2, -0.15) is 0 Å². The highest BCUT2D eigenvalue weighted by atomic mass is 32.2. The summed E-state index contributed by atoms with van der Waals surface area (Å²) in [4.78, 5) is -0.0209. The van der Waals surface area contributed by atoms with Crippen molar-refractivity contribution in [2.75, 3.05) is 0 Å². The summed E-state index contributed by atoms with van der Waals surface area (Å²) in [5.41, 5.74) is 0.996. The molecule has 1 rings (SSSR count). The van der Waals surface area contributed by atoms with Gasteiger partial charge in [0.25, 0.3) is 0 Å². The molecule has 1 aromatic rings. The van der Waals surface area contributed by atoms with E-state index >= 15 is 0 Å². The molecule has 2 nitrogen and oxygen atoms in total. The number of benzene rings is 1. The van der Waals surface area contributed by atoms with Crippen LogP contribution in [-0.2, 0) is 9.84 Å². The summed E-state index contributed by atoms with van der Waals surface area (Å²) in [6.45, 7) is 5.20. The molecule has 0 aromatic heterocycles. The van der Waals surface area contributed by atoms with Gasteiger partial charge in [0.2, 0.25) is 9.84 Å². The molecule has 0 saturated carbocycles. The minimum atomic E-state index is -3.54. The van der Waals surface area contributed by atoms with Gasteiger partial charge in [0.15, 0.2) is 0 Å². The first kappa shape index (κ1) is 10.6. The van der Waals surface area contributed by atoms with Crippen LogP contribution < -0.4 is 0 Å². The molecule has 3 heteroatoms. The molecule has 1 aromatic carbocycles. The smallest absolute Gasteiger partial charge is 0.213 e. The third-order valence-electron chi connectivity index (χ3n) is 1.82. The second-order valence-corrected chi connectivity index (χ2v) is 4.86. The van der Waals surface area contributed by atoms with E-state index in [1.807, 2.05) is 12.8 Å². The molecular weight excluding hydrogens is 196 g/mol. The van der Waals surface area contributed by atoms with Crippen molar-refractivity contribution in [1.29, 1.82) is 0 Å². The summed E-state index contributed by atoms with van der Waals surface area (Å²) in [5, 5.41) is 0. The van der Waals surface area contributed by atoms with Crippen LogP contribution in [0.1, 0.15) is 5.56 Å². The van der Waals surface area contributed by atoms with E-state index in [2.05, 4.69) is 6.58 Å². The summed E-state index contributed by atoms with van der Waals surface area (Å²) >= 11 is 0. The van der Waals surface area contributed by atoms with Crippen LogP contribution >= 0.6 is 0 Å². The van der Waals surface area contributed by atoms with Gasteiger partial charge >= 0.3 is 0 Å². The summed E-state index contributed by atoms with van der Waals surface area (Å²) < 4.78 is 23.3. The first-order valence-electron chi connectivity index (χ1n) is 3.96. The predicted molar refractivity (Wildman–Crippen MR) is 56.3 cm³/mol. The Balaban J connectivity index is 3.26. The maximum absolute atomic E-state index is 11.6. The van der Waals surface area contributed by atoms with Gasteiger partial charge < -0.3 is 0 Å². The minimum Gasteiger partial charge on any atom is -0.218 e. The molecule has 0 spiro atoms. The van der Waals surface area contributed by atoms with E-state index in [9.17, 15) is 8.42 Å². The Labute approximate surface area is 84.2 Å². The first-order chi connectivity index (χ1) is 6.48. The number of hydrogen-bond acceptors (Lipinski definition) is 2. The quantitative estimate of drug-likeness (QED) is 0.693. The van der Waals surface area contributed by atoms with Gasteiger partial charge in [-0.15, -0.1) is 6.42 Å². The number of hydrogen-bond donors (Lipinski definition) is 0. The summed E-state index contributed by atoms with van der Waals surface area (Å²) in [6.07, 6.45) is 5.00. The second-order valence-electron chi connectivity index (χ2n) is 2.88. The van der Waals surface area contributed by atoms with Crippen molar-refractivity contribution < 1.29 is 8.42 Å². The fraction of sp³-hybridized carbons (Fsp3) is 0.0909. The standard InChI is InChI=1S/C11H10O2S/c1-4-10(3)14(12,13)11-7-5-9(2)6-8-11/h1,5-8H,3H2,2H3. The Morgan fingerprint density at radius 1 is 1.36 bits per heavy atom. The van der Waals surface area contributed by atoms with E-state index in [-0.39, 0.29) is 9.80 Å². The molecule has 0 fully saturated rings. The fourth-order valence-corrected chi connectivity index (χ4v) is 1.87. The van der Waals surface area contributed by atoms with Crippen LogP contribution in [0.2, 0.25) is 0 Å². The Bertz CT molecular complexity index is 487. The lowest BCUT2D eigenvalue weighted by atomic mass is 10.2. The Hall–Kier alpha value is -1.53. The maximum Gasteiger partial charge on any atom is 0.213 e. The number of sulfone groups is 1. The number of terminal acetylenes is 1. The van der Waals surface area contributed by atoms with E-state index in [1.165, 1.54) is 12.1 Å². The molecule has 0 amide bonds. The van der Waals surface area contributed by atoms with Crippen molar-refractivity contribution in [2.24, 2.45) is 0 Å². The van der Waals surface area contributed by atoms with Crippen molar-refractivity contribution in [3.05, 3.63) is 41.3 Å². The van der Waals surface area contributed by atoms with Gasteiger partial charge in [0.1, 0.15) is 4.91 Å². The van der Waals surface area contributed by atoms with E-state index < -0.39 is 9.84 Å². The van der Waals surface area contributed by atoms with Gasteiger partial charge in [-0.05, 0) is 19.1 Å². The van der Waals surface area contributed by atoms with Crippen LogP contribution in [0.5, 0.6) is 0 Å². The van der Waals surface area contributed by atoms with Gasteiger partial charge in [-0.25, -0.2) is 8.42 Å². The molecule has 0 bridgehead atoms. The van der Waals surface area contributed by atoms with Crippen molar-refractivity contribution in [3.63, 3.8) is 0 Å². The van der Waals surface area contributed by atoms with Crippen LogP contribution in [-0.4, -0.2) is 8.42 Å². The molecular formula is C11H10O2S. The molecule has 0 unspecified atom stereocenters. The van der Waals surface area contributed by atoms with Crippen molar-refractivity contribution in [1.82, 2.24) is 0 Å². The largest absolute Gasteiger partial charge is 0.218 e. The zero-order valence-electron chi connectivity index (χ0n) is 7.82. The average molecular weight is 206 g/mol. The lowest BCUT2D eigenvalue weighted by Gasteiger charge is -2.02. The maximum atomic E-state index is 11.6. The van der Waals surface area contributed by atoms with Crippen LogP contribution in [0.15, 0.2) is 40.6 Å². The number of rotatable bonds is 2. The van der Waals surface area contributed by atoms with Crippen molar-refractivity contribution in [2.45, 2.75) is 11.8 Å². The first-order valence-corrected chi connectivity index (χ1v) is 5.44. The average Bonchev–Trinajstić information content (AvgIpc) is 2.17. The molecule has 0 atom stereocenters. The highest BCUT2D eigenvalue weighted by Crippen LogP contribution is 2.17. The highest BCUT2D eigenvalue weighted by Gasteiger charge is 2.16. The zero-order valence-corrected chi connectivity index (χ0v) is 8.64. The molecule has 0 saturated heterocycles. The third-order valence-corrected chi connectivity index (χ3v) is 3.48. The zero-order chi connectivity index (χ0) is 10.8. The predicted octanol–water partition coefficient (Wildman–Crippen LogP) is 1.92. The number of allylic oxidation sites excluding steroid dienone is 1. The van der Waals surface area contributed by atoms with Gasteiger partial charge in [-0.1, -0.05) is 30.2 Å². The van der Waals surface area contributed by atoms with Crippen LogP contribution in [0.25, 0.3) is 0 Å². The Morgan fingerprint density at radius 2 is 1.86 bits per heavy atom. The molecule has 0 aliphatic carbocycles. The lowest BCUT2D eigenvalue weighted by molar-refractivity contribution is 0.603. The van der Waals surface area contributed by atoms with Crippen LogP contribution in [0.3, 0.4) is 0 Å². The summed E-state index contributed by atoms with van der Waals surface area (Å²) in [5.74, 6) is 2.04. The van der Waals surface area contributed by atoms with Crippen molar-refractivity contribution in [3.8, 4) is 12.3 Å². The van der Waals surface area contributed by atoms with E-state index in [0.717, 1.165) is 5.56 Å². The number of aryl methyl sites for hydroxylation is 1. The molecule has 14 heavy (non-hydrogen) atoms. The molecule has 0 N–H and O–H groups in total. The van der Waals surface area contributed by atoms with Crippen LogP contribution in [0.4, 0.5) is 0 Å². The minimum absolute atomic E-state index is 0.186. The highest BCUT2D eigenvalue weighted by molar-refractivity contribution is 7.95. The molecule has 0 aliphatic rings. The van der Waals surface area contributed by atoms with Gasteiger partial charge in [0.05, 0.1) is 4.90 Å². The third kappa shape index (κ3) is 1.86. The molecule has 0 heterocycles. The summed E-state index contributed by atoms with van der Waals surface area (Å²) in [6, 6.07) is 6.48. The van der Waals surface area contributed by atoms with Crippen LogP contribution in [0, 0.1) is 19.3 Å². The van der Waals surface area contributed by atoms with Crippen molar-refractivity contribution >= 4 is 9.84 Å². The lowest BCUT2D eigenvalue weighted by Crippen LogP contribution is -2.01. The SMILES string of the molecule is C#CC(=C)S(=O)(=O)c1ccc(C)cc1. The molecule has 0 radical (unpaired) electrons. The molecule has 0 aliphatic heterocycles. The Kier molecular flexibility index (Phi) is 2.78. The monoisotopic (exact) mass is 206 g/mol. The van der Waals surface area contributed by atoms with E-state index in [0.29, 0.717) is 0 Å². The second kappa shape index (κ2) is 3.69. The fourth-order valence-electron chi connectivity index (χ4n) is 0.937. The topological polar surface area (TPSA) is 34.1 Å². The van der Waals surface area contributed by atoms with Gasteiger partial charge in [-0.3, -0.25) is 0 Å². The normalized spacial score (nSPS) is 10.6. The van der Waals surface area contributed by atoms with Gasteiger partial charge in [0, 0.05) is 0 Å². The van der Waals surface area contributed by atoms with E-state index in [4.69, 9.17) is 6.42 Å². The summed E-state index contributed by atoms with van der Waals surface area (Å²) in [7, 11) is -3.54. The van der Waals surface area contributed by atoms with E-state index in [1.54, 1.807) is 12.1 Å². The Morgan fingerprint density at radius 3 is 2.29 bits per heavy atom.